The molecule has 0 aliphatic rings. The number of ether oxygens (including phenoxy) is 1. The molecule has 2 heterocycles. The van der Waals surface area contributed by atoms with Gasteiger partial charge in [-0.05, 0) is 32.4 Å². The summed E-state index contributed by atoms with van der Waals surface area (Å²) in [5.74, 6) is 3.03. The van der Waals surface area contributed by atoms with Gasteiger partial charge in [0.05, 0.1) is 18.8 Å². The summed E-state index contributed by atoms with van der Waals surface area (Å²) in [5.41, 5.74) is 2.00. The maximum absolute atomic E-state index is 9.26. The van der Waals surface area contributed by atoms with Gasteiger partial charge in [0, 0.05) is 12.0 Å². The van der Waals surface area contributed by atoms with Crippen molar-refractivity contribution in [2.45, 2.75) is 39.8 Å². The van der Waals surface area contributed by atoms with E-state index in [1.165, 1.54) is 0 Å². The first-order chi connectivity index (χ1) is 12.2. The smallest absolute Gasteiger partial charge is 0.188 e. The van der Waals surface area contributed by atoms with Gasteiger partial charge in [0.2, 0.25) is 0 Å². The van der Waals surface area contributed by atoms with E-state index in [4.69, 9.17) is 9.26 Å². The fourth-order valence-electron chi connectivity index (χ4n) is 2.71. The van der Waals surface area contributed by atoms with Crippen molar-refractivity contribution in [2.24, 2.45) is 0 Å². The third-order valence-corrected chi connectivity index (χ3v) is 3.99. The van der Waals surface area contributed by atoms with Crippen LogP contribution in [0.4, 0.5) is 0 Å². The highest BCUT2D eigenvalue weighted by Gasteiger charge is 2.14. The van der Waals surface area contributed by atoms with Crippen LogP contribution in [0.25, 0.3) is 0 Å². The molecular formula is C18H22N4O3. The van der Waals surface area contributed by atoms with E-state index in [0.29, 0.717) is 25.4 Å². The third-order valence-electron chi connectivity index (χ3n) is 3.99. The van der Waals surface area contributed by atoms with Crippen molar-refractivity contribution < 1.29 is 14.4 Å². The summed E-state index contributed by atoms with van der Waals surface area (Å²) in [6.07, 6.45) is 1.46. The van der Waals surface area contributed by atoms with Gasteiger partial charge >= 0.3 is 0 Å². The first kappa shape index (κ1) is 17.2. The maximum Gasteiger partial charge on any atom is 0.188 e. The Morgan fingerprint density at radius 3 is 2.64 bits per heavy atom. The molecule has 0 bridgehead atoms. The van der Waals surface area contributed by atoms with Gasteiger partial charge in [0.1, 0.15) is 23.9 Å². The molecule has 3 aromatic rings. The summed E-state index contributed by atoms with van der Waals surface area (Å²) >= 11 is 0. The molecule has 0 saturated carbocycles. The predicted molar refractivity (Wildman–Crippen MR) is 91.3 cm³/mol. The Balaban J connectivity index is 1.68. The number of hydrogen-bond donors (Lipinski definition) is 1. The standard InChI is InChI=1S/C18H22N4O3/c1-13-16(14(2)25-21-13)8-9-18-19-17(20-22(18)10-11-23)12-24-15-6-4-3-5-7-15/h3-7,23H,8-12H2,1-2H3. The van der Waals surface area contributed by atoms with Gasteiger partial charge in [-0.25, -0.2) is 9.67 Å². The van der Waals surface area contributed by atoms with Gasteiger partial charge in [0.15, 0.2) is 5.82 Å². The Hall–Kier alpha value is -2.67. The molecular weight excluding hydrogens is 320 g/mol. The molecule has 1 N–H and O–H groups in total. The van der Waals surface area contributed by atoms with Crippen molar-refractivity contribution in [3.8, 4) is 5.75 Å². The van der Waals surface area contributed by atoms with Gasteiger partial charge in [-0.15, -0.1) is 0 Å². The maximum atomic E-state index is 9.26. The molecule has 0 amide bonds. The molecule has 2 aromatic heterocycles. The van der Waals surface area contributed by atoms with E-state index < -0.39 is 0 Å². The number of rotatable bonds is 8. The SMILES string of the molecule is Cc1noc(C)c1CCc1nc(COc2ccccc2)nn1CCO. The largest absolute Gasteiger partial charge is 0.486 e. The average molecular weight is 342 g/mol. The first-order valence-electron chi connectivity index (χ1n) is 8.30. The molecule has 1 aromatic carbocycles. The molecule has 7 nitrogen and oxygen atoms in total. The fraction of sp³-hybridized carbons (Fsp3) is 0.389. The van der Waals surface area contributed by atoms with E-state index in [2.05, 4.69) is 15.2 Å². The first-order valence-corrected chi connectivity index (χ1v) is 8.30. The Labute approximate surface area is 146 Å². The molecule has 3 rings (SSSR count). The van der Waals surface area contributed by atoms with Crippen molar-refractivity contribution in [1.82, 2.24) is 19.9 Å². The molecule has 0 spiro atoms. The second-order valence-electron chi connectivity index (χ2n) is 5.80. The number of aryl methyl sites for hydroxylation is 3. The number of aliphatic hydroxyl groups is 1. The van der Waals surface area contributed by atoms with Gasteiger partial charge in [0.25, 0.3) is 0 Å². The van der Waals surface area contributed by atoms with E-state index in [1.54, 1.807) is 4.68 Å². The van der Waals surface area contributed by atoms with Crippen LogP contribution >= 0.6 is 0 Å². The third kappa shape index (κ3) is 4.24. The Bertz CT molecular complexity index is 792. The van der Waals surface area contributed by atoms with Crippen molar-refractivity contribution in [3.05, 3.63) is 59.0 Å². The van der Waals surface area contributed by atoms with Crippen LogP contribution in [0.1, 0.15) is 28.7 Å². The van der Waals surface area contributed by atoms with Crippen LogP contribution in [0.2, 0.25) is 0 Å². The highest BCUT2D eigenvalue weighted by atomic mass is 16.5. The number of para-hydroxylation sites is 1. The summed E-state index contributed by atoms with van der Waals surface area (Å²) in [5, 5.41) is 17.7. The zero-order valence-corrected chi connectivity index (χ0v) is 14.5. The lowest BCUT2D eigenvalue weighted by Gasteiger charge is -2.03. The van der Waals surface area contributed by atoms with E-state index in [-0.39, 0.29) is 6.61 Å². The van der Waals surface area contributed by atoms with Crippen LogP contribution in [0.3, 0.4) is 0 Å². The van der Waals surface area contributed by atoms with Crippen molar-refractivity contribution in [2.75, 3.05) is 6.61 Å². The molecule has 0 fully saturated rings. The molecule has 0 aliphatic heterocycles. The lowest BCUT2D eigenvalue weighted by atomic mass is 10.1. The average Bonchev–Trinajstić information content (AvgIpc) is 3.16. The number of hydrogen-bond acceptors (Lipinski definition) is 6. The molecule has 25 heavy (non-hydrogen) atoms. The topological polar surface area (TPSA) is 86.2 Å². The number of aliphatic hydroxyl groups excluding tert-OH is 1. The number of benzene rings is 1. The second-order valence-corrected chi connectivity index (χ2v) is 5.80. The summed E-state index contributed by atoms with van der Waals surface area (Å²) in [7, 11) is 0. The quantitative estimate of drug-likeness (QED) is 0.676. The molecule has 132 valence electrons. The minimum absolute atomic E-state index is 0.0145. The molecule has 7 heteroatoms. The lowest BCUT2D eigenvalue weighted by Crippen LogP contribution is -2.10. The predicted octanol–water partition coefficient (Wildman–Crippen LogP) is 2.24. The van der Waals surface area contributed by atoms with Gasteiger partial charge in [-0.3, -0.25) is 0 Å². The van der Waals surface area contributed by atoms with E-state index >= 15 is 0 Å². The molecule has 0 aliphatic carbocycles. The second kappa shape index (κ2) is 7.94. The number of aromatic nitrogens is 4. The van der Waals surface area contributed by atoms with Crippen LogP contribution in [0.5, 0.6) is 5.75 Å². The highest BCUT2D eigenvalue weighted by molar-refractivity contribution is 5.22. The zero-order chi connectivity index (χ0) is 17.6. The molecule has 0 unspecified atom stereocenters. The summed E-state index contributed by atoms with van der Waals surface area (Å²) in [6.45, 7) is 4.56. The van der Waals surface area contributed by atoms with Crippen molar-refractivity contribution >= 4 is 0 Å². The zero-order valence-electron chi connectivity index (χ0n) is 14.5. The van der Waals surface area contributed by atoms with Gasteiger partial charge < -0.3 is 14.4 Å². The van der Waals surface area contributed by atoms with E-state index in [9.17, 15) is 5.11 Å². The van der Waals surface area contributed by atoms with Gasteiger partial charge in [-0.2, -0.15) is 5.10 Å². The Morgan fingerprint density at radius 2 is 1.96 bits per heavy atom. The molecule has 0 atom stereocenters. The highest BCUT2D eigenvalue weighted by Crippen LogP contribution is 2.16. The molecule has 0 saturated heterocycles. The van der Waals surface area contributed by atoms with Crippen molar-refractivity contribution in [1.29, 1.82) is 0 Å². The monoisotopic (exact) mass is 342 g/mol. The van der Waals surface area contributed by atoms with Crippen LogP contribution in [-0.4, -0.2) is 31.6 Å². The van der Waals surface area contributed by atoms with Gasteiger partial charge in [-0.1, -0.05) is 23.4 Å². The Morgan fingerprint density at radius 1 is 1.16 bits per heavy atom. The van der Waals surface area contributed by atoms with Crippen molar-refractivity contribution in [3.63, 3.8) is 0 Å². The van der Waals surface area contributed by atoms with E-state index in [0.717, 1.165) is 35.0 Å². The fourth-order valence-corrected chi connectivity index (χ4v) is 2.71. The number of nitrogens with zero attached hydrogens (tertiary/aromatic N) is 4. The summed E-state index contributed by atoms with van der Waals surface area (Å²) in [4.78, 5) is 4.57. The normalized spacial score (nSPS) is 11.0. The van der Waals surface area contributed by atoms with Crippen LogP contribution in [-0.2, 0) is 26.0 Å². The van der Waals surface area contributed by atoms with Crippen LogP contribution in [0.15, 0.2) is 34.9 Å². The molecule has 0 radical (unpaired) electrons. The van der Waals surface area contributed by atoms with Crippen LogP contribution in [0, 0.1) is 13.8 Å². The minimum Gasteiger partial charge on any atom is -0.486 e. The summed E-state index contributed by atoms with van der Waals surface area (Å²) < 4.78 is 12.6. The minimum atomic E-state index is 0.0145. The van der Waals surface area contributed by atoms with Crippen LogP contribution < -0.4 is 4.74 Å². The summed E-state index contributed by atoms with van der Waals surface area (Å²) in [6, 6.07) is 9.56. The lowest BCUT2D eigenvalue weighted by molar-refractivity contribution is 0.264. The Kier molecular flexibility index (Phi) is 5.45. The van der Waals surface area contributed by atoms with E-state index in [1.807, 2.05) is 44.2 Å².